The minimum Gasteiger partial charge on any atom is -0.354 e. The van der Waals surface area contributed by atoms with Crippen molar-refractivity contribution in [2.75, 3.05) is 11.9 Å². The van der Waals surface area contributed by atoms with Crippen LogP contribution in [0.15, 0.2) is 42.9 Å². The fourth-order valence-corrected chi connectivity index (χ4v) is 2.75. The summed E-state index contributed by atoms with van der Waals surface area (Å²) in [6.45, 7) is 2.86. The normalized spacial score (nSPS) is 13.0. The molecule has 1 aliphatic carbocycles. The third-order valence-electron chi connectivity index (χ3n) is 3.77. The number of aromatic nitrogens is 4. The molecule has 0 amide bonds. The molecule has 2 aromatic heterocycles. The third-order valence-corrected chi connectivity index (χ3v) is 3.77. The summed E-state index contributed by atoms with van der Waals surface area (Å²) in [5.74, 6) is 0.695. The van der Waals surface area contributed by atoms with E-state index in [1.165, 1.54) is 5.57 Å². The van der Waals surface area contributed by atoms with Crippen LogP contribution in [0.25, 0.3) is 16.6 Å². The number of hydrogen-bond acceptors (Lipinski definition) is 5. The van der Waals surface area contributed by atoms with E-state index in [1.54, 1.807) is 12.4 Å². The van der Waals surface area contributed by atoms with Crippen molar-refractivity contribution in [2.45, 2.75) is 13.3 Å². The number of benzene rings is 1. The molecule has 4 rings (SSSR count). The molecule has 0 atom stereocenters. The summed E-state index contributed by atoms with van der Waals surface area (Å²) in [5.41, 5.74) is 6.28. The molecular weight excluding hydrogens is 274 g/mol. The first-order valence-electron chi connectivity index (χ1n) is 7.36. The second-order valence-electron chi connectivity index (χ2n) is 5.17. The molecule has 1 aromatic carbocycles. The van der Waals surface area contributed by atoms with Crippen molar-refractivity contribution < 1.29 is 1.43 Å². The molecule has 1 aliphatic rings. The Bertz CT molecular complexity index is 891. The van der Waals surface area contributed by atoms with Crippen LogP contribution in [-0.2, 0) is 6.42 Å². The number of allylic oxidation sites excluding steroid dienone is 1. The van der Waals surface area contributed by atoms with Crippen molar-refractivity contribution in [3.05, 3.63) is 59.7 Å². The van der Waals surface area contributed by atoms with Gasteiger partial charge in [-0.15, -0.1) is 0 Å². The van der Waals surface area contributed by atoms with Gasteiger partial charge in [0.1, 0.15) is 0 Å². The number of nitrogens with one attached hydrogen (secondary N) is 1. The van der Waals surface area contributed by atoms with Crippen LogP contribution in [0.5, 0.6) is 0 Å². The summed E-state index contributed by atoms with van der Waals surface area (Å²) in [7, 11) is 0. The van der Waals surface area contributed by atoms with Crippen molar-refractivity contribution in [3.63, 3.8) is 0 Å². The predicted octanol–water partition coefficient (Wildman–Crippen LogP) is 3.09. The summed E-state index contributed by atoms with van der Waals surface area (Å²) in [5, 5.41) is 3.15. The Morgan fingerprint density at radius 3 is 2.86 bits per heavy atom. The average Bonchev–Trinajstić information content (AvgIpc) is 2.98. The lowest BCUT2D eigenvalue weighted by Crippen LogP contribution is -2.04. The minimum absolute atomic E-state index is 0. The molecule has 0 fully saturated rings. The van der Waals surface area contributed by atoms with Gasteiger partial charge in [-0.3, -0.25) is 9.97 Å². The second kappa shape index (κ2) is 5.18. The first-order valence-corrected chi connectivity index (χ1v) is 7.36. The van der Waals surface area contributed by atoms with Crippen LogP contribution in [0.4, 0.5) is 5.95 Å². The first kappa shape index (κ1) is 12.9. The third kappa shape index (κ3) is 2.11. The average molecular weight is 291 g/mol. The van der Waals surface area contributed by atoms with Gasteiger partial charge in [0.05, 0.1) is 16.7 Å². The highest BCUT2D eigenvalue weighted by Crippen LogP contribution is 2.32. The molecule has 110 valence electrons. The Morgan fingerprint density at radius 2 is 2.00 bits per heavy atom. The number of anilines is 1. The Morgan fingerprint density at radius 1 is 1.14 bits per heavy atom. The Labute approximate surface area is 129 Å². The number of rotatable bonds is 3. The van der Waals surface area contributed by atoms with E-state index in [9.17, 15) is 0 Å². The lowest BCUT2D eigenvalue weighted by Gasteiger charge is -2.08. The van der Waals surface area contributed by atoms with Crippen LogP contribution in [0.1, 0.15) is 25.2 Å². The molecule has 2 heterocycles. The van der Waals surface area contributed by atoms with Gasteiger partial charge in [0.2, 0.25) is 5.95 Å². The molecule has 0 bridgehead atoms. The van der Waals surface area contributed by atoms with Crippen molar-refractivity contribution in [2.24, 2.45) is 0 Å². The second-order valence-corrected chi connectivity index (χ2v) is 5.17. The lowest BCUT2D eigenvalue weighted by molar-refractivity contribution is 1.03. The fourth-order valence-electron chi connectivity index (χ4n) is 2.75. The van der Waals surface area contributed by atoms with Gasteiger partial charge in [0.15, 0.2) is 0 Å². The molecule has 0 spiro atoms. The van der Waals surface area contributed by atoms with Crippen molar-refractivity contribution in [3.8, 4) is 0 Å². The molecule has 0 saturated carbocycles. The van der Waals surface area contributed by atoms with E-state index in [-0.39, 0.29) is 1.43 Å². The Balaban J connectivity index is 0.00000156. The van der Waals surface area contributed by atoms with Crippen molar-refractivity contribution >= 4 is 22.6 Å². The maximum absolute atomic E-state index is 4.58. The van der Waals surface area contributed by atoms with E-state index in [4.69, 9.17) is 0 Å². The predicted molar refractivity (Wildman–Crippen MR) is 88.6 cm³/mol. The zero-order valence-corrected chi connectivity index (χ0v) is 12.2. The van der Waals surface area contributed by atoms with Gasteiger partial charge in [-0.25, -0.2) is 9.97 Å². The summed E-state index contributed by atoms with van der Waals surface area (Å²) in [6.07, 6.45) is 8.37. The van der Waals surface area contributed by atoms with E-state index in [2.05, 4.69) is 43.5 Å². The largest absolute Gasteiger partial charge is 0.354 e. The maximum Gasteiger partial charge on any atom is 0.222 e. The van der Waals surface area contributed by atoms with Gasteiger partial charge in [0, 0.05) is 38.5 Å². The van der Waals surface area contributed by atoms with Crippen molar-refractivity contribution in [1.29, 1.82) is 0 Å². The Kier molecular flexibility index (Phi) is 3.04. The molecule has 1 N–H and O–H groups in total. The monoisotopic (exact) mass is 291 g/mol. The highest BCUT2D eigenvalue weighted by Gasteiger charge is 2.18. The van der Waals surface area contributed by atoms with E-state index in [0.717, 1.165) is 40.8 Å². The molecule has 5 heteroatoms. The lowest BCUT2D eigenvalue weighted by atomic mass is 10.0. The van der Waals surface area contributed by atoms with E-state index < -0.39 is 0 Å². The van der Waals surface area contributed by atoms with Crippen LogP contribution < -0.4 is 5.32 Å². The molecule has 0 saturated heterocycles. The van der Waals surface area contributed by atoms with Gasteiger partial charge in [-0.05, 0) is 30.2 Å². The Hall–Kier alpha value is -2.82. The zero-order valence-electron chi connectivity index (χ0n) is 12.2. The van der Waals surface area contributed by atoms with Crippen LogP contribution in [-0.4, -0.2) is 26.5 Å². The number of nitrogens with zero attached hydrogens (tertiary/aromatic N) is 4. The van der Waals surface area contributed by atoms with Gasteiger partial charge in [-0.2, -0.15) is 0 Å². The molecule has 0 unspecified atom stereocenters. The van der Waals surface area contributed by atoms with Crippen LogP contribution >= 0.6 is 0 Å². The number of fused-ring (bicyclic) bond motifs is 2. The van der Waals surface area contributed by atoms with Crippen LogP contribution in [0.2, 0.25) is 0 Å². The van der Waals surface area contributed by atoms with Gasteiger partial charge < -0.3 is 5.32 Å². The van der Waals surface area contributed by atoms with Gasteiger partial charge in [0.25, 0.3) is 0 Å². The van der Waals surface area contributed by atoms with Gasteiger partial charge >= 0.3 is 0 Å². The summed E-state index contributed by atoms with van der Waals surface area (Å²) in [6, 6.07) is 6.15. The molecule has 0 aliphatic heterocycles. The maximum atomic E-state index is 4.58. The van der Waals surface area contributed by atoms with E-state index in [1.807, 2.05) is 19.2 Å². The first-order chi connectivity index (χ1) is 10.8. The highest BCUT2D eigenvalue weighted by molar-refractivity contribution is 5.88. The highest BCUT2D eigenvalue weighted by atomic mass is 15.1. The van der Waals surface area contributed by atoms with E-state index in [0.29, 0.717) is 5.95 Å². The van der Waals surface area contributed by atoms with Gasteiger partial charge in [-0.1, -0.05) is 12.1 Å². The SMILES string of the molecule is CCNc1ncc2c(n1)CC=C2c1ccc2nccnc2c1.[HH]. The fraction of sp³-hybridized carbons (Fsp3) is 0.176. The standard InChI is InChI=1S/C17H15N5.H2/c1-2-18-17-21-10-13-12(4-6-14(13)22-17)11-3-5-15-16(9-11)20-8-7-19-15;/h3-5,7-10H,2,6H2,1H3,(H,18,21,22);1H. The molecular formula is C17H17N5. The van der Waals surface area contributed by atoms with E-state index >= 15 is 0 Å². The number of hydrogen-bond donors (Lipinski definition) is 1. The summed E-state index contributed by atoms with van der Waals surface area (Å²) < 4.78 is 0. The van der Waals surface area contributed by atoms with Crippen molar-refractivity contribution in [1.82, 2.24) is 19.9 Å². The zero-order chi connectivity index (χ0) is 14.9. The van der Waals surface area contributed by atoms with Crippen LogP contribution in [0, 0.1) is 0 Å². The van der Waals surface area contributed by atoms with Crippen LogP contribution in [0.3, 0.4) is 0 Å². The summed E-state index contributed by atoms with van der Waals surface area (Å²) >= 11 is 0. The topological polar surface area (TPSA) is 63.6 Å². The molecule has 22 heavy (non-hydrogen) atoms. The minimum atomic E-state index is 0. The quantitative estimate of drug-likeness (QED) is 0.803. The summed E-state index contributed by atoms with van der Waals surface area (Å²) in [4.78, 5) is 17.7. The molecule has 0 radical (unpaired) electrons. The molecule has 3 aromatic rings. The smallest absolute Gasteiger partial charge is 0.222 e. The molecule has 5 nitrogen and oxygen atoms in total.